The topological polar surface area (TPSA) is 12.0 Å². The van der Waals surface area contributed by atoms with Gasteiger partial charge in [0.05, 0.1) is 0 Å². The molecule has 2 aliphatic rings. The number of hydrogen-bond acceptors (Lipinski definition) is 1. The number of alkyl halides is 1. The maximum absolute atomic E-state index is 3.60. The first-order valence-electron chi connectivity index (χ1n) is 4.65. The third-order valence-corrected chi connectivity index (χ3v) is 4.00. The molecule has 2 heteroatoms. The number of fused-ring (bicyclic) bond motifs is 2. The summed E-state index contributed by atoms with van der Waals surface area (Å²) in [4.78, 5) is 0. The first-order chi connectivity index (χ1) is 5.38. The van der Waals surface area contributed by atoms with Crippen molar-refractivity contribution < 1.29 is 0 Å². The minimum Gasteiger partial charge on any atom is -0.316 e. The number of piperidine rings is 1. The van der Waals surface area contributed by atoms with E-state index in [9.17, 15) is 0 Å². The fourth-order valence-electron chi connectivity index (χ4n) is 2.65. The zero-order chi connectivity index (χ0) is 7.68. The molecule has 1 aliphatic heterocycles. The molecule has 1 saturated heterocycles. The third-order valence-electron chi connectivity index (χ3n) is 3.08. The molecule has 2 fully saturated rings. The zero-order valence-corrected chi connectivity index (χ0v) is 8.44. The Kier molecular flexibility index (Phi) is 2.52. The summed E-state index contributed by atoms with van der Waals surface area (Å²) < 4.78 is 0. The van der Waals surface area contributed by atoms with E-state index in [0.717, 1.165) is 17.8 Å². The van der Waals surface area contributed by atoms with Crippen molar-refractivity contribution in [2.75, 3.05) is 18.4 Å². The molecule has 1 heterocycles. The van der Waals surface area contributed by atoms with Gasteiger partial charge in [0.15, 0.2) is 0 Å². The van der Waals surface area contributed by atoms with Crippen LogP contribution in [-0.2, 0) is 0 Å². The van der Waals surface area contributed by atoms with Crippen molar-refractivity contribution in [3.8, 4) is 0 Å². The molecule has 0 radical (unpaired) electrons. The van der Waals surface area contributed by atoms with Crippen LogP contribution in [0.3, 0.4) is 0 Å². The number of nitrogens with one attached hydrogen (secondary N) is 1. The van der Waals surface area contributed by atoms with Crippen LogP contribution in [0.1, 0.15) is 19.3 Å². The average molecular weight is 218 g/mol. The lowest BCUT2D eigenvalue weighted by molar-refractivity contribution is 0.164. The predicted octanol–water partition coefficient (Wildman–Crippen LogP) is 2.02. The Morgan fingerprint density at radius 3 is 2.27 bits per heavy atom. The molecule has 0 amide bonds. The van der Waals surface area contributed by atoms with Gasteiger partial charge in [-0.1, -0.05) is 15.9 Å². The summed E-state index contributed by atoms with van der Waals surface area (Å²) in [6.07, 6.45) is 4.40. The normalized spacial score (nSPS) is 43.9. The quantitative estimate of drug-likeness (QED) is 0.664. The average Bonchev–Trinajstić information content (AvgIpc) is 2.03. The van der Waals surface area contributed by atoms with Crippen LogP contribution in [0.5, 0.6) is 0 Å². The van der Waals surface area contributed by atoms with Crippen molar-refractivity contribution in [1.82, 2.24) is 5.32 Å². The molecular formula is C9H16BrN. The van der Waals surface area contributed by atoms with Crippen LogP contribution < -0.4 is 5.32 Å². The smallest absolute Gasteiger partial charge is 0.00598 e. The van der Waals surface area contributed by atoms with E-state index in [1.807, 2.05) is 0 Å². The summed E-state index contributed by atoms with van der Waals surface area (Å²) in [5.41, 5.74) is 0. The fraction of sp³-hybridized carbons (Fsp3) is 1.00. The Hall–Kier alpha value is 0.440. The highest BCUT2D eigenvalue weighted by atomic mass is 79.9. The van der Waals surface area contributed by atoms with Gasteiger partial charge in [-0.3, -0.25) is 0 Å². The Morgan fingerprint density at radius 1 is 1.09 bits per heavy atom. The second-order valence-electron chi connectivity index (χ2n) is 4.12. The highest BCUT2D eigenvalue weighted by molar-refractivity contribution is 9.09. The van der Waals surface area contributed by atoms with Gasteiger partial charge in [0.1, 0.15) is 0 Å². The first-order valence-corrected chi connectivity index (χ1v) is 5.77. The van der Waals surface area contributed by atoms with Crippen LogP contribution in [0, 0.1) is 17.8 Å². The number of hydrogen-bond donors (Lipinski definition) is 1. The molecule has 1 aliphatic carbocycles. The SMILES string of the molecule is BrCC1CC2CNCC(C1)C2. The summed E-state index contributed by atoms with van der Waals surface area (Å²) >= 11 is 3.60. The highest BCUT2D eigenvalue weighted by Gasteiger charge is 2.30. The second kappa shape index (κ2) is 3.44. The first kappa shape index (κ1) is 8.06. The third kappa shape index (κ3) is 1.78. The minimum atomic E-state index is 0.973. The zero-order valence-electron chi connectivity index (χ0n) is 6.85. The molecule has 64 valence electrons. The van der Waals surface area contributed by atoms with Gasteiger partial charge in [-0.05, 0) is 50.1 Å². The Labute approximate surface area is 77.1 Å². The minimum absolute atomic E-state index is 0.973. The predicted molar refractivity (Wildman–Crippen MR) is 51.0 cm³/mol. The lowest BCUT2D eigenvalue weighted by atomic mass is 9.74. The van der Waals surface area contributed by atoms with E-state index >= 15 is 0 Å². The molecule has 0 spiro atoms. The molecule has 2 unspecified atom stereocenters. The number of halogens is 1. The maximum atomic E-state index is 3.60. The van der Waals surface area contributed by atoms with Gasteiger partial charge in [0.25, 0.3) is 0 Å². The van der Waals surface area contributed by atoms with Crippen molar-refractivity contribution in [3.63, 3.8) is 0 Å². The highest BCUT2D eigenvalue weighted by Crippen LogP contribution is 2.35. The molecule has 11 heavy (non-hydrogen) atoms. The molecule has 1 N–H and O–H groups in total. The standard InChI is InChI=1S/C9H16BrN/c10-4-7-1-8-3-9(2-7)6-11-5-8/h7-9,11H,1-6H2. The van der Waals surface area contributed by atoms with Crippen LogP contribution in [0.4, 0.5) is 0 Å². The molecule has 0 aromatic heterocycles. The van der Waals surface area contributed by atoms with Crippen molar-refractivity contribution in [2.45, 2.75) is 19.3 Å². The largest absolute Gasteiger partial charge is 0.316 e. The van der Waals surface area contributed by atoms with Crippen molar-refractivity contribution in [3.05, 3.63) is 0 Å². The van der Waals surface area contributed by atoms with E-state index < -0.39 is 0 Å². The van der Waals surface area contributed by atoms with Crippen LogP contribution in [0.2, 0.25) is 0 Å². The fourth-order valence-corrected chi connectivity index (χ4v) is 3.18. The van der Waals surface area contributed by atoms with E-state index in [1.165, 1.54) is 37.7 Å². The Balaban J connectivity index is 1.94. The molecule has 0 aromatic carbocycles. The second-order valence-corrected chi connectivity index (χ2v) is 4.77. The maximum Gasteiger partial charge on any atom is 0.00598 e. The van der Waals surface area contributed by atoms with E-state index in [-0.39, 0.29) is 0 Å². The number of rotatable bonds is 1. The van der Waals surface area contributed by atoms with Crippen LogP contribution in [0.25, 0.3) is 0 Å². The lowest BCUT2D eigenvalue weighted by Crippen LogP contribution is -2.41. The van der Waals surface area contributed by atoms with E-state index in [2.05, 4.69) is 21.2 Å². The lowest BCUT2D eigenvalue weighted by Gasteiger charge is -2.38. The molecule has 0 aromatic rings. The molecule has 1 saturated carbocycles. The van der Waals surface area contributed by atoms with Gasteiger partial charge in [0.2, 0.25) is 0 Å². The molecule has 2 atom stereocenters. The Morgan fingerprint density at radius 2 is 1.73 bits per heavy atom. The van der Waals surface area contributed by atoms with Crippen LogP contribution in [0.15, 0.2) is 0 Å². The van der Waals surface area contributed by atoms with Gasteiger partial charge in [-0.25, -0.2) is 0 Å². The van der Waals surface area contributed by atoms with Gasteiger partial charge in [0, 0.05) is 5.33 Å². The van der Waals surface area contributed by atoms with Gasteiger partial charge < -0.3 is 5.32 Å². The van der Waals surface area contributed by atoms with E-state index in [1.54, 1.807) is 0 Å². The van der Waals surface area contributed by atoms with E-state index in [0.29, 0.717) is 0 Å². The van der Waals surface area contributed by atoms with Crippen LogP contribution in [-0.4, -0.2) is 18.4 Å². The summed E-state index contributed by atoms with van der Waals surface area (Å²) in [5, 5.41) is 4.74. The summed E-state index contributed by atoms with van der Waals surface area (Å²) in [6.45, 7) is 2.56. The summed E-state index contributed by atoms with van der Waals surface area (Å²) in [5.74, 6) is 2.95. The summed E-state index contributed by atoms with van der Waals surface area (Å²) in [7, 11) is 0. The van der Waals surface area contributed by atoms with Gasteiger partial charge in [-0.15, -0.1) is 0 Å². The molecule has 1 nitrogen and oxygen atoms in total. The van der Waals surface area contributed by atoms with Gasteiger partial charge in [-0.2, -0.15) is 0 Å². The summed E-state index contributed by atoms with van der Waals surface area (Å²) in [6, 6.07) is 0. The van der Waals surface area contributed by atoms with E-state index in [4.69, 9.17) is 0 Å². The van der Waals surface area contributed by atoms with Crippen molar-refractivity contribution in [2.24, 2.45) is 17.8 Å². The van der Waals surface area contributed by atoms with Crippen molar-refractivity contribution in [1.29, 1.82) is 0 Å². The molecular weight excluding hydrogens is 202 g/mol. The Bertz CT molecular complexity index is 126. The molecule has 2 bridgehead atoms. The van der Waals surface area contributed by atoms with Crippen LogP contribution >= 0.6 is 15.9 Å². The van der Waals surface area contributed by atoms with Gasteiger partial charge >= 0.3 is 0 Å². The molecule has 2 rings (SSSR count). The van der Waals surface area contributed by atoms with Crippen molar-refractivity contribution >= 4 is 15.9 Å². The monoisotopic (exact) mass is 217 g/mol.